The van der Waals surface area contributed by atoms with Crippen LogP contribution in [0.5, 0.6) is 0 Å². The smallest absolute Gasteiger partial charge is 0.167 e. The van der Waals surface area contributed by atoms with Crippen molar-refractivity contribution in [2.45, 2.75) is 70.6 Å². The Hall–Kier alpha value is -3.12. The molecular formula is C25H34N8O3. The predicted molar refractivity (Wildman–Crippen MR) is 136 cm³/mol. The van der Waals surface area contributed by atoms with Crippen LogP contribution in [0, 0.1) is 6.92 Å². The summed E-state index contributed by atoms with van der Waals surface area (Å²) in [5.41, 5.74) is 10.1. The number of ether oxygens (including phenoxy) is 1. The number of aromatic amines is 1. The number of nitrogen functional groups attached to an aromatic ring is 1. The van der Waals surface area contributed by atoms with Crippen molar-refractivity contribution in [3.8, 4) is 0 Å². The summed E-state index contributed by atoms with van der Waals surface area (Å²) in [6.45, 7) is 7.68. The van der Waals surface area contributed by atoms with Gasteiger partial charge in [-0.1, -0.05) is 12.1 Å². The van der Waals surface area contributed by atoms with Crippen molar-refractivity contribution in [2.24, 2.45) is 0 Å². The number of fused-ring (bicyclic) bond motifs is 2. The average molecular weight is 495 g/mol. The first-order chi connectivity index (χ1) is 17.3. The Kier molecular flexibility index (Phi) is 6.89. The summed E-state index contributed by atoms with van der Waals surface area (Å²) in [6, 6.07) is 6.43. The van der Waals surface area contributed by atoms with E-state index in [2.05, 4.69) is 57.7 Å². The number of hydrogen-bond acceptors (Lipinski definition) is 9. The summed E-state index contributed by atoms with van der Waals surface area (Å²) < 4.78 is 7.75. The fraction of sp³-hybridized carbons (Fsp3) is 0.520. The second kappa shape index (κ2) is 10.1. The van der Waals surface area contributed by atoms with Crippen LogP contribution in [-0.2, 0) is 11.2 Å². The molecule has 36 heavy (non-hydrogen) atoms. The molecular weight excluding hydrogens is 460 g/mol. The number of hydrogen-bond donors (Lipinski definition) is 4. The number of nitrogens with zero attached hydrogens (tertiary/aromatic N) is 6. The highest BCUT2D eigenvalue weighted by Gasteiger charge is 2.45. The third-order valence-electron chi connectivity index (χ3n) is 7.02. The second-order valence-electron chi connectivity index (χ2n) is 9.83. The highest BCUT2D eigenvalue weighted by molar-refractivity contribution is 5.81. The van der Waals surface area contributed by atoms with Gasteiger partial charge in [-0.15, -0.1) is 0 Å². The highest BCUT2D eigenvalue weighted by Crippen LogP contribution is 2.32. The van der Waals surface area contributed by atoms with Crippen LogP contribution < -0.4 is 5.73 Å². The average Bonchev–Trinajstić information content (AvgIpc) is 3.54. The van der Waals surface area contributed by atoms with E-state index < -0.39 is 24.5 Å². The summed E-state index contributed by atoms with van der Waals surface area (Å²) in [6.07, 6.45) is 2.19. The Morgan fingerprint density at radius 3 is 2.75 bits per heavy atom. The number of imidazole rings is 2. The molecule has 192 valence electrons. The van der Waals surface area contributed by atoms with Gasteiger partial charge in [-0.25, -0.2) is 19.9 Å². The standard InChI is InChI=1S/C25H34N8O3/c1-14(2)32(10-5-4-9-18-30-16-8-6-7-15(3)19(16)31-18)11-17-21(34)22(35)25(36-17)33-13-29-20-23(26)27-12-28-24(20)33/h6-8,12-14,17,21-22,25,34-35H,4-5,9-11H2,1-3H3,(H,30,31)(H2,26,27,28)/t17-,21-,22-,25?/m1/s1. The van der Waals surface area contributed by atoms with Crippen LogP contribution in [0.15, 0.2) is 30.9 Å². The fourth-order valence-corrected chi connectivity index (χ4v) is 4.91. The van der Waals surface area contributed by atoms with Gasteiger partial charge in [0.05, 0.1) is 17.4 Å². The number of unbranched alkanes of at least 4 members (excludes halogenated alkanes) is 1. The van der Waals surface area contributed by atoms with Gasteiger partial charge < -0.3 is 25.7 Å². The lowest BCUT2D eigenvalue weighted by Crippen LogP contribution is -2.43. The Morgan fingerprint density at radius 1 is 1.14 bits per heavy atom. The van der Waals surface area contributed by atoms with Crippen molar-refractivity contribution in [3.05, 3.63) is 42.2 Å². The number of aryl methyl sites for hydroxylation is 2. The first kappa shape index (κ1) is 24.6. The lowest BCUT2D eigenvalue weighted by molar-refractivity contribution is -0.0469. The lowest BCUT2D eigenvalue weighted by Gasteiger charge is -2.30. The van der Waals surface area contributed by atoms with E-state index >= 15 is 0 Å². The predicted octanol–water partition coefficient (Wildman–Crippen LogP) is 1.95. The van der Waals surface area contributed by atoms with Gasteiger partial charge in [-0.3, -0.25) is 9.47 Å². The van der Waals surface area contributed by atoms with E-state index in [0.717, 1.165) is 42.7 Å². The summed E-state index contributed by atoms with van der Waals surface area (Å²) >= 11 is 0. The maximum absolute atomic E-state index is 10.8. The first-order valence-corrected chi connectivity index (χ1v) is 12.5. The molecule has 4 atom stereocenters. The molecule has 0 radical (unpaired) electrons. The van der Waals surface area contributed by atoms with Crippen LogP contribution >= 0.6 is 0 Å². The van der Waals surface area contributed by atoms with Crippen molar-refractivity contribution in [1.29, 1.82) is 0 Å². The maximum Gasteiger partial charge on any atom is 0.167 e. The largest absolute Gasteiger partial charge is 0.387 e. The van der Waals surface area contributed by atoms with Gasteiger partial charge in [0.15, 0.2) is 17.7 Å². The molecule has 0 spiro atoms. The van der Waals surface area contributed by atoms with E-state index in [4.69, 9.17) is 15.5 Å². The Balaban J connectivity index is 1.19. The normalized spacial score (nSPS) is 22.5. The van der Waals surface area contributed by atoms with Gasteiger partial charge in [0.2, 0.25) is 0 Å². The minimum Gasteiger partial charge on any atom is -0.387 e. The topological polar surface area (TPSA) is 151 Å². The molecule has 0 amide bonds. The van der Waals surface area contributed by atoms with E-state index in [1.165, 1.54) is 18.2 Å². The minimum atomic E-state index is -1.12. The Morgan fingerprint density at radius 2 is 1.97 bits per heavy atom. The molecule has 1 aliphatic heterocycles. The molecule has 4 heterocycles. The third-order valence-corrected chi connectivity index (χ3v) is 7.02. The molecule has 1 unspecified atom stereocenters. The van der Waals surface area contributed by atoms with E-state index in [-0.39, 0.29) is 11.9 Å². The van der Waals surface area contributed by atoms with Gasteiger partial charge in [0.1, 0.15) is 36.0 Å². The number of anilines is 1. The first-order valence-electron chi connectivity index (χ1n) is 12.5. The molecule has 0 bridgehead atoms. The number of aliphatic hydroxyl groups excluding tert-OH is 2. The van der Waals surface area contributed by atoms with Crippen molar-refractivity contribution < 1.29 is 14.9 Å². The van der Waals surface area contributed by atoms with E-state index in [1.54, 1.807) is 4.57 Å². The van der Waals surface area contributed by atoms with Crippen molar-refractivity contribution in [3.63, 3.8) is 0 Å². The molecule has 5 N–H and O–H groups in total. The molecule has 0 saturated carbocycles. The Labute approximate surface area is 209 Å². The van der Waals surface area contributed by atoms with Crippen LogP contribution in [0.1, 0.15) is 44.3 Å². The second-order valence-corrected chi connectivity index (χ2v) is 9.83. The van der Waals surface area contributed by atoms with Crippen LogP contribution in [0.3, 0.4) is 0 Å². The third kappa shape index (κ3) is 4.66. The number of rotatable bonds is 9. The van der Waals surface area contributed by atoms with Crippen molar-refractivity contribution >= 4 is 28.0 Å². The van der Waals surface area contributed by atoms with Crippen LogP contribution in [0.4, 0.5) is 5.82 Å². The number of nitrogens with one attached hydrogen (secondary N) is 1. The number of aromatic nitrogens is 6. The fourth-order valence-electron chi connectivity index (χ4n) is 4.91. The van der Waals surface area contributed by atoms with Crippen molar-refractivity contribution in [2.75, 3.05) is 18.8 Å². The number of H-pyrrole nitrogens is 1. The molecule has 3 aromatic heterocycles. The van der Waals surface area contributed by atoms with Crippen molar-refractivity contribution in [1.82, 2.24) is 34.4 Å². The zero-order valence-corrected chi connectivity index (χ0v) is 20.9. The maximum atomic E-state index is 10.8. The number of aliphatic hydroxyl groups is 2. The van der Waals surface area contributed by atoms with Gasteiger partial charge in [0.25, 0.3) is 0 Å². The van der Waals surface area contributed by atoms with Gasteiger partial charge >= 0.3 is 0 Å². The molecule has 11 nitrogen and oxygen atoms in total. The molecule has 1 aliphatic rings. The van der Waals surface area contributed by atoms with Gasteiger partial charge in [-0.2, -0.15) is 0 Å². The summed E-state index contributed by atoms with van der Waals surface area (Å²) in [5.74, 6) is 1.26. The number of para-hydroxylation sites is 1. The van der Waals surface area contributed by atoms with E-state index in [9.17, 15) is 10.2 Å². The molecule has 11 heteroatoms. The van der Waals surface area contributed by atoms with E-state index in [0.29, 0.717) is 17.7 Å². The Bertz CT molecular complexity index is 1340. The summed E-state index contributed by atoms with van der Waals surface area (Å²) in [5, 5.41) is 21.6. The highest BCUT2D eigenvalue weighted by atomic mass is 16.6. The van der Waals surface area contributed by atoms with Crippen LogP contribution in [0.2, 0.25) is 0 Å². The van der Waals surface area contributed by atoms with Gasteiger partial charge in [0, 0.05) is 19.0 Å². The zero-order valence-electron chi connectivity index (χ0n) is 20.9. The summed E-state index contributed by atoms with van der Waals surface area (Å²) in [7, 11) is 0. The van der Waals surface area contributed by atoms with Gasteiger partial charge in [-0.05, 0) is 51.8 Å². The number of benzene rings is 1. The van der Waals surface area contributed by atoms with Crippen LogP contribution in [0.25, 0.3) is 22.2 Å². The molecule has 5 rings (SSSR count). The minimum absolute atomic E-state index is 0.257. The molecule has 1 fully saturated rings. The van der Waals surface area contributed by atoms with Crippen LogP contribution in [-0.4, -0.2) is 82.0 Å². The SMILES string of the molecule is Cc1cccc2[nH]c(CCCCN(C[C@H]3OC(n4cnc5c(N)ncnc54)[C@H](O)[C@@H]3O)C(C)C)nc12. The van der Waals surface area contributed by atoms with E-state index in [1.807, 2.05) is 6.07 Å². The molecule has 0 aliphatic carbocycles. The molecule has 1 saturated heterocycles. The number of nitrogens with two attached hydrogens (primary N) is 1. The zero-order chi connectivity index (χ0) is 25.4. The molecule has 1 aromatic carbocycles. The summed E-state index contributed by atoms with van der Waals surface area (Å²) in [4.78, 5) is 22.9. The quantitative estimate of drug-likeness (QED) is 0.256. The monoisotopic (exact) mass is 494 g/mol. The molecule has 4 aromatic rings. The lowest BCUT2D eigenvalue weighted by atomic mass is 10.1.